The minimum atomic E-state index is -0.307. The highest BCUT2D eigenvalue weighted by Gasteiger charge is 2.07. The minimum Gasteiger partial charge on any atom is -0.364 e. The van der Waals surface area contributed by atoms with Gasteiger partial charge in [-0.15, -0.1) is 11.3 Å². The van der Waals surface area contributed by atoms with Crippen molar-refractivity contribution in [2.24, 2.45) is 0 Å². The van der Waals surface area contributed by atoms with E-state index in [0.717, 1.165) is 16.1 Å². The van der Waals surface area contributed by atoms with Gasteiger partial charge < -0.3 is 5.32 Å². The highest BCUT2D eigenvalue weighted by Crippen LogP contribution is 2.24. The molecule has 3 aromatic rings. The zero-order chi connectivity index (χ0) is 15.0. The highest BCUT2D eigenvalue weighted by molar-refractivity contribution is 9.10. The Morgan fingerprint density at radius 3 is 2.76 bits per heavy atom. The number of aromatic nitrogens is 2. The maximum Gasteiger partial charge on any atom is 0.139 e. The molecule has 0 atom stereocenters. The Kier molecular flexibility index (Phi) is 3.91. The molecule has 0 fully saturated rings. The molecular formula is C15H13BrFN3S. The smallest absolute Gasteiger partial charge is 0.139 e. The van der Waals surface area contributed by atoms with Gasteiger partial charge in [0.1, 0.15) is 11.6 Å². The van der Waals surface area contributed by atoms with Crippen LogP contribution in [0.1, 0.15) is 15.6 Å². The van der Waals surface area contributed by atoms with E-state index in [0.29, 0.717) is 22.4 Å². The lowest BCUT2D eigenvalue weighted by atomic mass is 10.2. The molecule has 3 rings (SSSR count). The van der Waals surface area contributed by atoms with Crippen LogP contribution in [0.5, 0.6) is 0 Å². The molecule has 0 saturated carbocycles. The van der Waals surface area contributed by atoms with E-state index in [1.54, 1.807) is 17.4 Å². The molecule has 108 valence electrons. The van der Waals surface area contributed by atoms with Gasteiger partial charge >= 0.3 is 0 Å². The van der Waals surface area contributed by atoms with Crippen molar-refractivity contribution in [2.45, 2.75) is 20.4 Å². The van der Waals surface area contributed by atoms with E-state index in [1.807, 2.05) is 19.1 Å². The SMILES string of the molecule is Cc1nc(CNc2ccc3cc(Br)c(F)cc3n2)c(C)s1. The van der Waals surface area contributed by atoms with Gasteiger partial charge in [0, 0.05) is 16.3 Å². The Bertz CT molecular complexity index is 816. The van der Waals surface area contributed by atoms with Crippen LogP contribution in [0.2, 0.25) is 0 Å². The molecular weight excluding hydrogens is 353 g/mol. The second-order valence-corrected chi connectivity index (χ2v) is 7.01. The number of benzene rings is 1. The molecule has 0 aliphatic heterocycles. The third-order valence-corrected chi connectivity index (χ3v) is 4.70. The summed E-state index contributed by atoms with van der Waals surface area (Å²) in [6.45, 7) is 4.67. The van der Waals surface area contributed by atoms with E-state index in [4.69, 9.17) is 0 Å². The quantitative estimate of drug-likeness (QED) is 0.722. The summed E-state index contributed by atoms with van der Waals surface area (Å²) in [6.07, 6.45) is 0. The van der Waals surface area contributed by atoms with Crippen molar-refractivity contribution in [2.75, 3.05) is 5.32 Å². The molecule has 2 heterocycles. The van der Waals surface area contributed by atoms with Gasteiger partial charge in [-0.3, -0.25) is 0 Å². The van der Waals surface area contributed by atoms with Crippen LogP contribution in [0.4, 0.5) is 10.2 Å². The van der Waals surface area contributed by atoms with Gasteiger partial charge in [-0.05, 0) is 48.0 Å². The van der Waals surface area contributed by atoms with Crippen LogP contribution < -0.4 is 5.32 Å². The molecule has 2 aromatic heterocycles. The molecule has 3 nitrogen and oxygen atoms in total. The average molecular weight is 366 g/mol. The normalized spacial score (nSPS) is 11.0. The molecule has 1 aromatic carbocycles. The van der Waals surface area contributed by atoms with Gasteiger partial charge in [0.05, 0.1) is 27.2 Å². The van der Waals surface area contributed by atoms with Crippen LogP contribution in [0.25, 0.3) is 10.9 Å². The number of pyridine rings is 1. The number of thiazole rings is 1. The van der Waals surface area contributed by atoms with E-state index in [2.05, 4.69) is 38.1 Å². The number of aryl methyl sites for hydroxylation is 2. The molecule has 0 aliphatic carbocycles. The van der Waals surface area contributed by atoms with Crippen molar-refractivity contribution in [3.8, 4) is 0 Å². The number of hydrogen-bond donors (Lipinski definition) is 1. The molecule has 0 saturated heterocycles. The Morgan fingerprint density at radius 1 is 1.24 bits per heavy atom. The monoisotopic (exact) mass is 365 g/mol. The molecule has 0 amide bonds. The van der Waals surface area contributed by atoms with Crippen LogP contribution in [0.15, 0.2) is 28.7 Å². The zero-order valence-corrected chi connectivity index (χ0v) is 14.0. The van der Waals surface area contributed by atoms with Crippen LogP contribution in [0.3, 0.4) is 0 Å². The van der Waals surface area contributed by atoms with Crippen molar-refractivity contribution in [3.05, 3.63) is 50.1 Å². The largest absolute Gasteiger partial charge is 0.364 e. The van der Waals surface area contributed by atoms with E-state index in [9.17, 15) is 4.39 Å². The molecule has 21 heavy (non-hydrogen) atoms. The van der Waals surface area contributed by atoms with Crippen LogP contribution in [0, 0.1) is 19.7 Å². The van der Waals surface area contributed by atoms with Crippen LogP contribution in [-0.4, -0.2) is 9.97 Å². The second kappa shape index (κ2) is 5.69. The molecule has 0 radical (unpaired) electrons. The first-order valence-electron chi connectivity index (χ1n) is 6.45. The fourth-order valence-corrected chi connectivity index (χ4v) is 3.32. The third kappa shape index (κ3) is 3.06. The predicted molar refractivity (Wildman–Crippen MR) is 88.3 cm³/mol. The molecule has 0 aliphatic rings. The number of hydrogen-bond acceptors (Lipinski definition) is 4. The summed E-state index contributed by atoms with van der Waals surface area (Å²) < 4.78 is 14.0. The first kappa shape index (κ1) is 14.4. The van der Waals surface area contributed by atoms with E-state index >= 15 is 0 Å². The predicted octanol–water partition coefficient (Wildman–Crippen LogP) is 4.82. The fraction of sp³-hybridized carbons (Fsp3) is 0.200. The van der Waals surface area contributed by atoms with E-state index < -0.39 is 0 Å². The molecule has 1 N–H and O–H groups in total. The van der Waals surface area contributed by atoms with Crippen molar-refractivity contribution in [1.29, 1.82) is 0 Å². The Balaban J connectivity index is 1.84. The van der Waals surface area contributed by atoms with Gasteiger partial charge in [0.25, 0.3) is 0 Å². The number of anilines is 1. The number of nitrogens with zero attached hydrogens (tertiary/aromatic N) is 2. The zero-order valence-electron chi connectivity index (χ0n) is 11.6. The molecule has 6 heteroatoms. The van der Waals surface area contributed by atoms with Gasteiger partial charge in [0.2, 0.25) is 0 Å². The van der Waals surface area contributed by atoms with Crippen LogP contribution in [-0.2, 0) is 6.54 Å². The number of rotatable bonds is 3. The number of nitrogens with one attached hydrogen (secondary N) is 1. The summed E-state index contributed by atoms with van der Waals surface area (Å²) in [7, 11) is 0. The molecule has 0 unspecified atom stereocenters. The Labute approximate surface area is 134 Å². The lowest BCUT2D eigenvalue weighted by Gasteiger charge is -2.06. The average Bonchev–Trinajstić information content (AvgIpc) is 2.76. The van der Waals surface area contributed by atoms with Gasteiger partial charge in [0.15, 0.2) is 0 Å². The van der Waals surface area contributed by atoms with Crippen LogP contribution >= 0.6 is 27.3 Å². The van der Waals surface area contributed by atoms with Gasteiger partial charge in [-0.2, -0.15) is 0 Å². The maximum absolute atomic E-state index is 13.6. The third-order valence-electron chi connectivity index (χ3n) is 3.17. The summed E-state index contributed by atoms with van der Waals surface area (Å²) in [5.74, 6) is 0.410. The first-order chi connectivity index (χ1) is 10.0. The lowest BCUT2D eigenvalue weighted by molar-refractivity contribution is 0.623. The summed E-state index contributed by atoms with van der Waals surface area (Å²) in [5, 5.41) is 5.20. The number of halogens is 2. The minimum absolute atomic E-state index is 0.307. The van der Waals surface area contributed by atoms with Gasteiger partial charge in [-0.25, -0.2) is 14.4 Å². The fourth-order valence-electron chi connectivity index (χ4n) is 2.13. The maximum atomic E-state index is 13.6. The van der Waals surface area contributed by atoms with Crippen molar-refractivity contribution < 1.29 is 4.39 Å². The standard InChI is InChI=1S/C15H13BrFN3S/c1-8-14(19-9(2)21-8)7-18-15-4-3-10-5-11(16)12(17)6-13(10)20-15/h3-6H,7H2,1-2H3,(H,18,20). The summed E-state index contributed by atoms with van der Waals surface area (Å²) >= 11 is 4.87. The van der Waals surface area contributed by atoms with E-state index in [1.165, 1.54) is 10.9 Å². The van der Waals surface area contributed by atoms with Gasteiger partial charge in [-0.1, -0.05) is 0 Å². The highest BCUT2D eigenvalue weighted by atomic mass is 79.9. The summed E-state index contributed by atoms with van der Waals surface area (Å²) in [6, 6.07) is 6.98. The van der Waals surface area contributed by atoms with Crippen molar-refractivity contribution >= 4 is 44.0 Å². The topological polar surface area (TPSA) is 37.8 Å². The Morgan fingerprint density at radius 2 is 2.05 bits per heavy atom. The molecule has 0 bridgehead atoms. The summed E-state index contributed by atoms with van der Waals surface area (Å²) in [4.78, 5) is 10.1. The molecule has 0 spiro atoms. The number of fused-ring (bicyclic) bond motifs is 1. The first-order valence-corrected chi connectivity index (χ1v) is 8.06. The van der Waals surface area contributed by atoms with Crippen molar-refractivity contribution in [3.63, 3.8) is 0 Å². The summed E-state index contributed by atoms with van der Waals surface area (Å²) in [5.41, 5.74) is 1.66. The van der Waals surface area contributed by atoms with E-state index in [-0.39, 0.29) is 5.82 Å². The second-order valence-electron chi connectivity index (χ2n) is 4.74. The lowest BCUT2D eigenvalue weighted by Crippen LogP contribution is -2.03. The Hall–Kier alpha value is -1.53. The van der Waals surface area contributed by atoms with Crippen molar-refractivity contribution in [1.82, 2.24) is 9.97 Å².